The zero-order chi connectivity index (χ0) is 7.82. The molecule has 0 unspecified atom stereocenters. The average molecular weight is 141 g/mol. The van der Waals surface area contributed by atoms with E-state index >= 15 is 0 Å². The summed E-state index contributed by atoms with van der Waals surface area (Å²) >= 11 is 0. The van der Waals surface area contributed by atoms with Crippen molar-refractivity contribution in [3.05, 3.63) is 11.8 Å². The van der Waals surface area contributed by atoms with Crippen LogP contribution >= 0.6 is 0 Å². The Balaban J connectivity index is 3.07. The molecule has 0 N–H and O–H groups in total. The van der Waals surface area contributed by atoms with Crippen LogP contribution in [0.5, 0.6) is 0 Å². The molecule has 0 fully saturated rings. The van der Waals surface area contributed by atoms with E-state index in [2.05, 4.69) is 4.74 Å². The van der Waals surface area contributed by atoms with Crippen molar-refractivity contribution in [2.75, 3.05) is 13.2 Å². The van der Waals surface area contributed by atoms with Crippen LogP contribution in [0.25, 0.3) is 0 Å². The topological polar surface area (TPSA) is 42.2 Å². The highest BCUT2D eigenvalue weighted by atomic mass is 16.5. The molecule has 3 nitrogen and oxygen atoms in total. The molecule has 0 spiro atoms. The Morgan fingerprint density at radius 3 is 2.70 bits per heavy atom. The minimum Gasteiger partial charge on any atom is -0.498 e. The first-order valence-corrected chi connectivity index (χ1v) is 3.03. The second-order valence-electron chi connectivity index (χ2n) is 2.01. The molecule has 0 radical (unpaired) electrons. The lowest BCUT2D eigenvalue weighted by atomic mass is 10.4. The quantitative estimate of drug-likeness (QED) is 0.338. The largest absolute Gasteiger partial charge is 0.498 e. The first-order valence-electron chi connectivity index (χ1n) is 3.03. The summed E-state index contributed by atoms with van der Waals surface area (Å²) in [7, 11) is 0. The van der Waals surface area contributed by atoms with E-state index in [-0.39, 0.29) is 0 Å². The summed E-state index contributed by atoms with van der Waals surface area (Å²) in [6, 6.07) is 0. The maximum Gasteiger partial charge on any atom is 0.286 e. The third-order valence-corrected chi connectivity index (χ3v) is 0.687. The Hall–Kier alpha value is -1.17. The van der Waals surface area contributed by atoms with Gasteiger partial charge in [0.2, 0.25) is 0 Å². The van der Waals surface area contributed by atoms with E-state index in [9.17, 15) is 0 Å². The summed E-state index contributed by atoms with van der Waals surface area (Å²) in [6.45, 7) is 4.62. The highest BCUT2D eigenvalue weighted by molar-refractivity contribution is 4.86. The van der Waals surface area contributed by atoms with Crippen LogP contribution in [0.4, 0.5) is 0 Å². The Kier molecular flexibility index (Phi) is 5.26. The molecule has 0 aromatic rings. The number of hydrogen-bond acceptors (Lipinski definition) is 3. The van der Waals surface area contributed by atoms with Crippen molar-refractivity contribution in [2.45, 2.75) is 13.8 Å². The lowest BCUT2D eigenvalue weighted by Crippen LogP contribution is -1.96. The second kappa shape index (κ2) is 5.96. The first-order chi connectivity index (χ1) is 4.77. The van der Waals surface area contributed by atoms with Crippen LogP contribution in [0.15, 0.2) is 11.8 Å². The van der Waals surface area contributed by atoms with Crippen LogP contribution in [0, 0.1) is 11.5 Å². The van der Waals surface area contributed by atoms with Crippen molar-refractivity contribution >= 4 is 0 Å². The van der Waals surface area contributed by atoms with Gasteiger partial charge < -0.3 is 9.47 Å². The molecule has 0 aliphatic carbocycles. The number of allylic oxidation sites excluding steroid dienone is 1. The van der Waals surface area contributed by atoms with Crippen LogP contribution in [0.2, 0.25) is 0 Å². The Morgan fingerprint density at radius 2 is 2.20 bits per heavy atom. The molecular weight excluding hydrogens is 130 g/mol. The molecule has 0 aromatic heterocycles. The van der Waals surface area contributed by atoms with Crippen molar-refractivity contribution in [1.29, 1.82) is 5.26 Å². The molecule has 0 rings (SSSR count). The van der Waals surface area contributed by atoms with Gasteiger partial charge in [0.15, 0.2) is 0 Å². The number of hydrogen-bond donors (Lipinski definition) is 0. The second-order valence-corrected chi connectivity index (χ2v) is 2.01. The lowest BCUT2D eigenvalue weighted by Gasteiger charge is -1.97. The standard InChI is InChI=1S/C7H11NO2/c1-7(2)5-9-3-4-10-6-8/h5H,3-4H2,1-2H3. The van der Waals surface area contributed by atoms with Gasteiger partial charge >= 0.3 is 0 Å². The molecule has 0 heterocycles. The highest BCUT2D eigenvalue weighted by Gasteiger charge is 1.82. The maximum atomic E-state index is 7.93. The number of nitrogens with zero attached hydrogens (tertiary/aromatic N) is 1. The molecule has 0 bridgehead atoms. The van der Waals surface area contributed by atoms with Gasteiger partial charge in [0, 0.05) is 0 Å². The smallest absolute Gasteiger partial charge is 0.286 e. The van der Waals surface area contributed by atoms with E-state index in [1.165, 1.54) is 0 Å². The summed E-state index contributed by atoms with van der Waals surface area (Å²) in [4.78, 5) is 0. The van der Waals surface area contributed by atoms with Crippen molar-refractivity contribution in [3.8, 4) is 6.26 Å². The van der Waals surface area contributed by atoms with Gasteiger partial charge in [-0.1, -0.05) is 0 Å². The van der Waals surface area contributed by atoms with E-state index in [1.807, 2.05) is 13.8 Å². The minimum atomic E-state index is 0.320. The molecule has 3 heteroatoms. The van der Waals surface area contributed by atoms with Gasteiger partial charge in [0.1, 0.15) is 13.2 Å². The van der Waals surface area contributed by atoms with Crippen molar-refractivity contribution < 1.29 is 9.47 Å². The van der Waals surface area contributed by atoms with Crippen LogP contribution in [-0.2, 0) is 9.47 Å². The van der Waals surface area contributed by atoms with E-state index in [4.69, 9.17) is 10.00 Å². The summed E-state index contributed by atoms with van der Waals surface area (Å²) in [5.74, 6) is 0. The fraction of sp³-hybridized carbons (Fsp3) is 0.571. The molecule has 0 saturated heterocycles. The first kappa shape index (κ1) is 8.83. The van der Waals surface area contributed by atoms with E-state index in [1.54, 1.807) is 12.5 Å². The monoisotopic (exact) mass is 141 g/mol. The predicted molar refractivity (Wildman–Crippen MR) is 36.9 cm³/mol. The highest BCUT2D eigenvalue weighted by Crippen LogP contribution is 1.88. The summed E-state index contributed by atoms with van der Waals surface area (Å²) in [5.41, 5.74) is 1.09. The van der Waals surface area contributed by atoms with E-state index < -0.39 is 0 Å². The van der Waals surface area contributed by atoms with Gasteiger partial charge in [-0.05, 0) is 19.4 Å². The predicted octanol–water partition coefficient (Wildman–Crippen LogP) is 1.42. The normalized spacial score (nSPS) is 7.70. The molecule has 0 aliphatic heterocycles. The zero-order valence-electron chi connectivity index (χ0n) is 6.26. The zero-order valence-corrected chi connectivity index (χ0v) is 6.26. The molecule has 0 saturated carbocycles. The molecule has 0 amide bonds. The van der Waals surface area contributed by atoms with Crippen molar-refractivity contribution in [2.24, 2.45) is 0 Å². The molecule has 0 atom stereocenters. The molecular formula is C7H11NO2. The van der Waals surface area contributed by atoms with E-state index in [0.29, 0.717) is 13.2 Å². The van der Waals surface area contributed by atoms with Gasteiger partial charge in [-0.3, -0.25) is 0 Å². The third-order valence-electron chi connectivity index (χ3n) is 0.687. The van der Waals surface area contributed by atoms with Crippen LogP contribution < -0.4 is 0 Å². The van der Waals surface area contributed by atoms with Crippen molar-refractivity contribution in [1.82, 2.24) is 0 Å². The average Bonchev–Trinajstić information content (AvgIpc) is 1.87. The van der Waals surface area contributed by atoms with Crippen LogP contribution in [0.3, 0.4) is 0 Å². The van der Waals surface area contributed by atoms with E-state index in [0.717, 1.165) is 5.57 Å². The molecule has 0 aliphatic rings. The number of ether oxygens (including phenoxy) is 2. The fourth-order valence-corrected chi connectivity index (χ4v) is 0.361. The van der Waals surface area contributed by atoms with Gasteiger partial charge in [-0.2, -0.15) is 5.26 Å². The fourth-order valence-electron chi connectivity index (χ4n) is 0.361. The number of rotatable bonds is 4. The Labute approximate surface area is 60.9 Å². The number of nitriles is 1. The SMILES string of the molecule is CC(C)=COCCOC#N. The van der Waals surface area contributed by atoms with Gasteiger partial charge in [0.05, 0.1) is 6.26 Å². The summed E-state index contributed by atoms with van der Waals surface area (Å²) in [6.07, 6.45) is 3.19. The van der Waals surface area contributed by atoms with Gasteiger partial charge in [-0.25, -0.2) is 0 Å². The van der Waals surface area contributed by atoms with Gasteiger partial charge in [0.25, 0.3) is 6.26 Å². The maximum absolute atomic E-state index is 7.93. The van der Waals surface area contributed by atoms with Crippen LogP contribution in [0.1, 0.15) is 13.8 Å². The Morgan fingerprint density at radius 1 is 1.50 bits per heavy atom. The summed E-state index contributed by atoms with van der Waals surface area (Å²) in [5, 5.41) is 7.93. The lowest BCUT2D eigenvalue weighted by molar-refractivity contribution is 0.158. The Bertz CT molecular complexity index is 142. The molecule has 10 heavy (non-hydrogen) atoms. The minimum absolute atomic E-state index is 0.320. The van der Waals surface area contributed by atoms with Crippen molar-refractivity contribution in [3.63, 3.8) is 0 Å². The summed E-state index contributed by atoms with van der Waals surface area (Å²) < 4.78 is 9.33. The van der Waals surface area contributed by atoms with Gasteiger partial charge in [-0.15, -0.1) is 0 Å². The molecule has 56 valence electrons. The van der Waals surface area contributed by atoms with Crippen LogP contribution in [-0.4, -0.2) is 13.2 Å². The third kappa shape index (κ3) is 6.83. The molecule has 0 aromatic carbocycles.